The molecule has 0 saturated heterocycles. The molecule has 0 fully saturated rings. The Morgan fingerprint density at radius 3 is 2.24 bits per heavy atom. The lowest BCUT2D eigenvalue weighted by Gasteiger charge is -2.11. The van der Waals surface area contributed by atoms with E-state index in [1.807, 2.05) is 0 Å². The summed E-state index contributed by atoms with van der Waals surface area (Å²) in [6.45, 7) is 0. The molecule has 0 unspecified atom stereocenters. The Morgan fingerprint density at radius 1 is 1.41 bits per heavy atom. The quantitative estimate of drug-likeness (QED) is 0.814. The Labute approximate surface area is 104 Å². The molecule has 2 N–H and O–H groups in total. The Hall–Kier alpha value is -1.28. The van der Waals surface area contributed by atoms with Crippen molar-refractivity contribution in [1.82, 2.24) is 0 Å². The van der Waals surface area contributed by atoms with E-state index in [0.717, 1.165) is 17.6 Å². The molecule has 0 aliphatic heterocycles. The van der Waals surface area contributed by atoms with E-state index in [-0.39, 0.29) is 15.5 Å². The average Bonchev–Trinajstić information content (AvgIpc) is 2.54. The first-order valence-electron chi connectivity index (χ1n) is 4.58. The van der Waals surface area contributed by atoms with Crippen LogP contribution in [-0.2, 0) is 14.6 Å². The zero-order valence-electron chi connectivity index (χ0n) is 9.97. The molecule has 1 aromatic rings. The molecule has 0 bridgehead atoms. The molecule has 0 aliphatic rings. The summed E-state index contributed by atoms with van der Waals surface area (Å²) in [5, 5.41) is 0.422. The second-order valence-electron chi connectivity index (χ2n) is 3.64. The number of esters is 1. The number of ether oxygens (including phenoxy) is 1. The second kappa shape index (κ2) is 4.53. The van der Waals surface area contributed by atoms with Gasteiger partial charge in [-0.05, 0) is 0 Å². The number of sulfone groups is 1. The minimum Gasteiger partial charge on any atom is -0.465 e. The zero-order chi connectivity index (χ0) is 13.4. The van der Waals surface area contributed by atoms with Crippen molar-refractivity contribution in [2.24, 2.45) is 0 Å². The first-order chi connectivity index (χ1) is 7.70. The van der Waals surface area contributed by atoms with Gasteiger partial charge in [0, 0.05) is 20.4 Å². The van der Waals surface area contributed by atoms with Crippen molar-refractivity contribution < 1.29 is 17.9 Å². The molecule has 0 radical (unpaired) electrons. The third-order valence-corrected chi connectivity index (χ3v) is 4.67. The number of thiophene rings is 1. The van der Waals surface area contributed by atoms with Crippen LogP contribution in [0.4, 0.5) is 10.7 Å². The maximum absolute atomic E-state index is 11.7. The zero-order valence-corrected chi connectivity index (χ0v) is 11.6. The Balaban J connectivity index is 3.58. The summed E-state index contributed by atoms with van der Waals surface area (Å²) < 4.78 is 27.9. The highest BCUT2D eigenvalue weighted by atomic mass is 32.2. The van der Waals surface area contributed by atoms with E-state index in [1.165, 1.54) is 7.11 Å². The number of nitrogen functional groups attached to an aromatic ring is 1. The van der Waals surface area contributed by atoms with Gasteiger partial charge in [-0.25, -0.2) is 13.2 Å². The minimum absolute atomic E-state index is 0.0205. The Bertz CT molecular complexity index is 546. The maximum atomic E-state index is 11.7. The van der Waals surface area contributed by atoms with E-state index >= 15 is 0 Å². The highest BCUT2D eigenvalue weighted by molar-refractivity contribution is 7.91. The van der Waals surface area contributed by atoms with Gasteiger partial charge in [0.15, 0.2) is 9.84 Å². The molecule has 0 aliphatic carbocycles. The molecule has 0 amide bonds. The van der Waals surface area contributed by atoms with Crippen LogP contribution in [0.5, 0.6) is 0 Å². The van der Waals surface area contributed by atoms with E-state index in [9.17, 15) is 13.2 Å². The summed E-state index contributed by atoms with van der Waals surface area (Å²) in [5.74, 6) is -0.634. The highest BCUT2D eigenvalue weighted by Crippen LogP contribution is 2.40. The van der Waals surface area contributed by atoms with Crippen LogP contribution in [0.15, 0.2) is 4.90 Å². The van der Waals surface area contributed by atoms with Crippen LogP contribution < -0.4 is 10.6 Å². The molecule has 8 heteroatoms. The van der Waals surface area contributed by atoms with Crippen LogP contribution in [0.1, 0.15) is 9.67 Å². The van der Waals surface area contributed by atoms with Gasteiger partial charge >= 0.3 is 5.97 Å². The summed E-state index contributed by atoms with van der Waals surface area (Å²) in [6.07, 6.45) is 1.06. The third kappa shape index (κ3) is 2.52. The van der Waals surface area contributed by atoms with Crippen molar-refractivity contribution in [3.8, 4) is 0 Å². The van der Waals surface area contributed by atoms with Crippen LogP contribution in [-0.4, -0.2) is 41.8 Å². The first kappa shape index (κ1) is 13.8. The minimum atomic E-state index is -3.49. The van der Waals surface area contributed by atoms with E-state index in [1.54, 1.807) is 19.0 Å². The lowest BCUT2D eigenvalue weighted by atomic mass is 10.4. The Kier molecular flexibility index (Phi) is 3.68. The van der Waals surface area contributed by atoms with E-state index < -0.39 is 15.8 Å². The fraction of sp³-hybridized carbons (Fsp3) is 0.444. The molecular formula is C9H14N2O4S2. The topological polar surface area (TPSA) is 89.7 Å². The van der Waals surface area contributed by atoms with Crippen molar-refractivity contribution >= 4 is 37.8 Å². The standard InChI is InChI=1S/C9H14N2O4S2/c1-11(2)8-7(17(4,13)14)5(10)6(16-8)9(12)15-3/h10H2,1-4H3. The largest absolute Gasteiger partial charge is 0.465 e. The molecule has 6 nitrogen and oxygen atoms in total. The van der Waals surface area contributed by atoms with Gasteiger partial charge in [-0.3, -0.25) is 0 Å². The molecule has 17 heavy (non-hydrogen) atoms. The van der Waals surface area contributed by atoms with Gasteiger partial charge in [0.2, 0.25) is 0 Å². The highest BCUT2D eigenvalue weighted by Gasteiger charge is 2.28. The Morgan fingerprint density at radius 2 is 1.94 bits per heavy atom. The van der Waals surface area contributed by atoms with Gasteiger partial charge in [-0.15, -0.1) is 11.3 Å². The SMILES string of the molecule is COC(=O)c1sc(N(C)C)c(S(C)(=O)=O)c1N. The van der Waals surface area contributed by atoms with Crippen LogP contribution in [0.3, 0.4) is 0 Å². The molecule has 1 aromatic heterocycles. The van der Waals surface area contributed by atoms with Crippen molar-refractivity contribution in [1.29, 1.82) is 0 Å². The second-order valence-corrected chi connectivity index (χ2v) is 6.59. The number of rotatable bonds is 3. The fourth-order valence-electron chi connectivity index (χ4n) is 1.31. The molecule has 0 saturated carbocycles. The molecule has 1 rings (SSSR count). The fourth-order valence-corrected chi connectivity index (χ4v) is 3.92. The van der Waals surface area contributed by atoms with Crippen molar-refractivity contribution in [2.75, 3.05) is 38.1 Å². The molecule has 0 atom stereocenters. The van der Waals surface area contributed by atoms with Gasteiger partial charge < -0.3 is 15.4 Å². The monoisotopic (exact) mass is 278 g/mol. The number of nitrogens with two attached hydrogens (primary N) is 1. The van der Waals surface area contributed by atoms with Crippen molar-refractivity contribution in [3.63, 3.8) is 0 Å². The van der Waals surface area contributed by atoms with Crippen LogP contribution in [0, 0.1) is 0 Å². The number of anilines is 2. The van der Waals surface area contributed by atoms with Crippen LogP contribution in [0.2, 0.25) is 0 Å². The number of hydrogen-bond donors (Lipinski definition) is 1. The van der Waals surface area contributed by atoms with Crippen LogP contribution in [0.25, 0.3) is 0 Å². The van der Waals surface area contributed by atoms with Gasteiger partial charge in [-0.2, -0.15) is 0 Å². The smallest absolute Gasteiger partial charge is 0.350 e. The third-order valence-electron chi connectivity index (χ3n) is 2.03. The summed E-state index contributed by atoms with van der Waals surface area (Å²) in [7, 11) is 1.09. The maximum Gasteiger partial charge on any atom is 0.350 e. The van der Waals surface area contributed by atoms with Gasteiger partial charge in [0.1, 0.15) is 14.8 Å². The number of hydrogen-bond acceptors (Lipinski definition) is 7. The van der Waals surface area contributed by atoms with E-state index in [2.05, 4.69) is 4.74 Å². The molecule has 96 valence electrons. The van der Waals surface area contributed by atoms with E-state index in [0.29, 0.717) is 5.00 Å². The first-order valence-corrected chi connectivity index (χ1v) is 7.29. The van der Waals surface area contributed by atoms with E-state index in [4.69, 9.17) is 5.73 Å². The van der Waals surface area contributed by atoms with Crippen LogP contribution >= 0.6 is 11.3 Å². The van der Waals surface area contributed by atoms with Gasteiger partial charge in [0.25, 0.3) is 0 Å². The predicted molar refractivity (Wildman–Crippen MR) is 67.5 cm³/mol. The predicted octanol–water partition coefficient (Wildman–Crippen LogP) is 0.586. The lowest BCUT2D eigenvalue weighted by Crippen LogP contribution is -2.12. The molecular weight excluding hydrogens is 264 g/mol. The lowest BCUT2D eigenvalue weighted by molar-refractivity contribution is 0.0607. The molecule has 1 heterocycles. The summed E-state index contributed by atoms with van der Waals surface area (Å²) in [4.78, 5) is 13.1. The number of nitrogens with zero attached hydrogens (tertiary/aromatic N) is 1. The number of carbonyl (C=O) groups excluding carboxylic acids is 1. The van der Waals surface area contributed by atoms with Crippen molar-refractivity contribution in [3.05, 3.63) is 4.88 Å². The number of methoxy groups -OCH3 is 1. The summed E-state index contributed by atoms with van der Waals surface area (Å²) >= 11 is 1.00. The molecule has 0 aromatic carbocycles. The summed E-state index contributed by atoms with van der Waals surface area (Å²) in [5.41, 5.74) is 5.66. The summed E-state index contributed by atoms with van der Waals surface area (Å²) in [6, 6.07) is 0. The van der Waals surface area contributed by atoms with Gasteiger partial charge in [-0.1, -0.05) is 0 Å². The number of carbonyl (C=O) groups is 1. The van der Waals surface area contributed by atoms with Gasteiger partial charge in [0.05, 0.1) is 12.8 Å². The van der Waals surface area contributed by atoms with Crippen molar-refractivity contribution in [2.45, 2.75) is 4.90 Å². The average molecular weight is 278 g/mol. The normalized spacial score (nSPS) is 11.3. The molecule has 0 spiro atoms.